The molecule has 41 heavy (non-hydrogen) atoms. The lowest BCUT2D eigenvalue weighted by Crippen LogP contribution is -2.69. The molecule has 0 aliphatic carbocycles. The predicted octanol–water partition coefficient (Wildman–Crippen LogP) is 6.35. The Balaban J connectivity index is 2.46. The first kappa shape index (κ1) is 36.1. The van der Waals surface area contributed by atoms with Gasteiger partial charge in [0.1, 0.15) is 19.0 Å². The molecule has 0 radical (unpaired) electrons. The zero-order chi connectivity index (χ0) is 30.5. The van der Waals surface area contributed by atoms with Crippen LogP contribution in [0.15, 0.2) is 43.0 Å². The summed E-state index contributed by atoms with van der Waals surface area (Å²) in [5, 5.41) is 0. The summed E-state index contributed by atoms with van der Waals surface area (Å²) in [6, 6.07) is 13.2. The van der Waals surface area contributed by atoms with Crippen molar-refractivity contribution >= 4 is 8.32 Å². The number of hydrogen-bond acceptors (Lipinski definition) is 8. The third kappa shape index (κ3) is 8.94. The van der Waals surface area contributed by atoms with Gasteiger partial charge in [0.15, 0.2) is 8.32 Å². The van der Waals surface area contributed by atoms with Gasteiger partial charge in [0.05, 0.1) is 31.5 Å². The Labute approximate surface area is 250 Å². The second kappa shape index (κ2) is 17.2. The molecule has 8 nitrogen and oxygen atoms in total. The van der Waals surface area contributed by atoms with Crippen molar-refractivity contribution in [2.24, 2.45) is 5.41 Å². The smallest absolute Gasteiger partial charge is 0.203 e. The predicted molar refractivity (Wildman–Crippen MR) is 164 cm³/mol. The van der Waals surface area contributed by atoms with E-state index in [9.17, 15) is 0 Å². The van der Waals surface area contributed by atoms with Crippen molar-refractivity contribution in [3.05, 3.63) is 48.6 Å². The Hall–Kier alpha value is -1.14. The van der Waals surface area contributed by atoms with E-state index >= 15 is 0 Å². The first-order chi connectivity index (χ1) is 19.6. The van der Waals surface area contributed by atoms with Crippen LogP contribution in [-0.2, 0) is 44.2 Å². The van der Waals surface area contributed by atoms with Gasteiger partial charge in [0, 0.05) is 46.7 Å². The van der Waals surface area contributed by atoms with Crippen LogP contribution in [0.1, 0.15) is 53.0 Å². The molecule has 0 saturated carbocycles. The molecule has 1 fully saturated rings. The van der Waals surface area contributed by atoms with Crippen LogP contribution in [0.25, 0.3) is 0 Å². The highest BCUT2D eigenvalue weighted by atomic mass is 28.4. The summed E-state index contributed by atoms with van der Waals surface area (Å²) in [7, 11) is 4.64. The number of benzene rings is 1. The Morgan fingerprint density at radius 1 is 1.07 bits per heavy atom. The SMILES string of the molecule is C=C[C@H](OCOC)[C@H](C[C@@H]1C[C@H](OC)[C@H](O[Si](CC)(CC)CC)[C@](OC)(C(C)(C)COCc2ccccc2)O1)OC. The molecule has 1 aliphatic heterocycles. The van der Waals surface area contributed by atoms with Crippen LogP contribution in [0.5, 0.6) is 0 Å². The van der Waals surface area contributed by atoms with Crippen LogP contribution in [0.4, 0.5) is 0 Å². The van der Waals surface area contributed by atoms with Crippen LogP contribution in [0.3, 0.4) is 0 Å². The Morgan fingerprint density at radius 2 is 1.73 bits per heavy atom. The van der Waals surface area contributed by atoms with E-state index in [1.165, 1.54) is 0 Å². The summed E-state index contributed by atoms with van der Waals surface area (Å²) in [4.78, 5) is 0. The fourth-order valence-corrected chi connectivity index (χ4v) is 8.80. The molecule has 236 valence electrons. The van der Waals surface area contributed by atoms with E-state index in [1.807, 2.05) is 18.2 Å². The Bertz CT molecular complexity index is 856. The lowest BCUT2D eigenvalue weighted by molar-refractivity contribution is -0.378. The average Bonchev–Trinajstić information content (AvgIpc) is 3.00. The summed E-state index contributed by atoms with van der Waals surface area (Å²) in [6.45, 7) is 15.9. The molecule has 0 unspecified atom stereocenters. The fourth-order valence-electron chi connectivity index (χ4n) is 5.96. The summed E-state index contributed by atoms with van der Waals surface area (Å²) >= 11 is 0. The van der Waals surface area contributed by atoms with E-state index in [2.05, 4.69) is 53.3 Å². The highest BCUT2D eigenvalue weighted by Crippen LogP contribution is 2.48. The van der Waals surface area contributed by atoms with Gasteiger partial charge >= 0.3 is 0 Å². The van der Waals surface area contributed by atoms with Crippen LogP contribution in [-0.4, -0.2) is 86.5 Å². The molecule has 9 heteroatoms. The molecule has 0 spiro atoms. The summed E-state index contributed by atoms with van der Waals surface area (Å²) in [5.74, 6) is -1.14. The minimum atomic E-state index is -2.08. The maximum Gasteiger partial charge on any atom is 0.203 e. The molecule has 1 aromatic rings. The normalized spacial score (nSPS) is 25.1. The van der Waals surface area contributed by atoms with Gasteiger partial charge in [-0.3, -0.25) is 0 Å². The van der Waals surface area contributed by atoms with Crippen molar-refractivity contribution < 1.29 is 37.6 Å². The molecular formula is C32H56O8Si. The number of ether oxygens (including phenoxy) is 7. The van der Waals surface area contributed by atoms with E-state index in [0.717, 1.165) is 23.7 Å². The van der Waals surface area contributed by atoms with Crippen LogP contribution < -0.4 is 0 Å². The molecule has 0 amide bonds. The van der Waals surface area contributed by atoms with Crippen molar-refractivity contribution in [2.45, 2.75) is 109 Å². The molecule has 6 atom stereocenters. The second-order valence-electron chi connectivity index (χ2n) is 11.5. The van der Waals surface area contributed by atoms with Gasteiger partial charge in [-0.05, 0) is 23.7 Å². The van der Waals surface area contributed by atoms with Crippen molar-refractivity contribution in [3.63, 3.8) is 0 Å². The molecule has 1 heterocycles. The van der Waals surface area contributed by atoms with Crippen LogP contribution in [0.2, 0.25) is 18.1 Å². The second-order valence-corrected chi connectivity index (χ2v) is 16.3. The first-order valence-electron chi connectivity index (χ1n) is 15.0. The van der Waals surface area contributed by atoms with E-state index in [0.29, 0.717) is 26.1 Å². The monoisotopic (exact) mass is 596 g/mol. The first-order valence-corrected chi connectivity index (χ1v) is 17.5. The molecular weight excluding hydrogens is 540 g/mol. The minimum absolute atomic E-state index is 0.143. The number of rotatable bonds is 20. The van der Waals surface area contributed by atoms with Crippen molar-refractivity contribution in [1.82, 2.24) is 0 Å². The standard InChI is InChI=1S/C32H56O8Si/c1-11-27(38-24-33-7)28(34-8)20-26-21-29(35-9)30(40-41(12-2,13-3)14-4)32(36-10,39-26)31(5,6)23-37-22-25-18-16-15-17-19-25/h11,15-19,26-30H,1,12-14,20-24H2,2-10H3/t26-,27+,28+,29+,30+,32-/m1/s1. The lowest BCUT2D eigenvalue weighted by atomic mass is 9.75. The lowest BCUT2D eigenvalue weighted by Gasteiger charge is -2.57. The average molecular weight is 597 g/mol. The summed E-state index contributed by atoms with van der Waals surface area (Å²) in [6.07, 6.45) is 1.31. The molecule has 0 N–H and O–H groups in total. The van der Waals surface area contributed by atoms with Crippen molar-refractivity contribution in [1.29, 1.82) is 0 Å². The third-order valence-corrected chi connectivity index (χ3v) is 13.4. The Morgan fingerprint density at radius 3 is 2.24 bits per heavy atom. The van der Waals surface area contributed by atoms with Gasteiger partial charge in [0.2, 0.25) is 5.79 Å². The molecule has 0 bridgehead atoms. The highest BCUT2D eigenvalue weighted by Gasteiger charge is 2.61. The van der Waals surface area contributed by atoms with Gasteiger partial charge < -0.3 is 37.6 Å². The number of hydrogen-bond donors (Lipinski definition) is 0. The zero-order valence-electron chi connectivity index (χ0n) is 27.0. The maximum atomic E-state index is 7.21. The van der Waals surface area contributed by atoms with Crippen molar-refractivity contribution in [2.75, 3.05) is 41.8 Å². The fraction of sp³-hybridized carbons (Fsp3) is 0.750. The van der Waals surface area contributed by atoms with E-state index in [-0.39, 0.29) is 31.2 Å². The molecule has 1 saturated heterocycles. The van der Waals surface area contributed by atoms with E-state index in [4.69, 9.17) is 37.6 Å². The zero-order valence-corrected chi connectivity index (χ0v) is 28.0. The summed E-state index contributed by atoms with van der Waals surface area (Å²) < 4.78 is 50.1. The molecule has 0 aromatic heterocycles. The minimum Gasteiger partial charge on any atom is -0.406 e. The molecule has 1 aliphatic rings. The van der Waals surface area contributed by atoms with Crippen molar-refractivity contribution in [3.8, 4) is 0 Å². The van der Waals surface area contributed by atoms with Gasteiger partial charge in [-0.1, -0.05) is 71.0 Å². The van der Waals surface area contributed by atoms with Gasteiger partial charge in [0.25, 0.3) is 0 Å². The van der Waals surface area contributed by atoms with Crippen LogP contribution in [0, 0.1) is 5.41 Å². The maximum absolute atomic E-state index is 7.21. The quantitative estimate of drug-likeness (QED) is 0.0980. The van der Waals surface area contributed by atoms with Gasteiger partial charge in [-0.15, -0.1) is 6.58 Å². The Kier molecular flexibility index (Phi) is 15.1. The molecule has 2 rings (SSSR count). The molecule has 1 aromatic carbocycles. The van der Waals surface area contributed by atoms with Crippen LogP contribution >= 0.6 is 0 Å². The topological polar surface area (TPSA) is 73.8 Å². The van der Waals surface area contributed by atoms with Gasteiger partial charge in [-0.2, -0.15) is 0 Å². The number of methoxy groups -OCH3 is 4. The van der Waals surface area contributed by atoms with E-state index in [1.54, 1.807) is 34.5 Å². The third-order valence-electron chi connectivity index (χ3n) is 8.76. The largest absolute Gasteiger partial charge is 0.406 e. The summed E-state index contributed by atoms with van der Waals surface area (Å²) in [5.41, 5.74) is 0.516. The van der Waals surface area contributed by atoms with Gasteiger partial charge in [-0.25, -0.2) is 0 Å². The van der Waals surface area contributed by atoms with E-state index < -0.39 is 25.6 Å². The highest BCUT2D eigenvalue weighted by molar-refractivity contribution is 6.73.